The Labute approximate surface area is 127 Å². The van der Waals surface area contributed by atoms with E-state index in [1.807, 2.05) is 6.92 Å². The van der Waals surface area contributed by atoms with Crippen molar-refractivity contribution < 1.29 is 13.9 Å². The number of ether oxygens (including phenoxy) is 1. The van der Waals surface area contributed by atoms with Gasteiger partial charge in [-0.25, -0.2) is 4.39 Å². The number of hydrogen-bond acceptors (Lipinski definition) is 2. The zero-order chi connectivity index (χ0) is 14.5. The van der Waals surface area contributed by atoms with Crippen LogP contribution in [0.1, 0.15) is 28.8 Å². The van der Waals surface area contributed by atoms with E-state index >= 15 is 0 Å². The van der Waals surface area contributed by atoms with E-state index in [-0.39, 0.29) is 17.6 Å². The first-order valence-electron chi connectivity index (χ1n) is 6.85. The first kappa shape index (κ1) is 15.4. The minimum absolute atomic E-state index is 0.171. The summed E-state index contributed by atoms with van der Waals surface area (Å²) in [7, 11) is 0. The lowest BCUT2D eigenvalue weighted by Gasteiger charge is -2.32. The van der Waals surface area contributed by atoms with E-state index in [9.17, 15) is 9.18 Å². The highest BCUT2D eigenvalue weighted by Gasteiger charge is 2.25. The van der Waals surface area contributed by atoms with E-state index in [1.165, 1.54) is 6.07 Å². The van der Waals surface area contributed by atoms with Crippen molar-refractivity contribution >= 4 is 21.8 Å². The molecule has 3 nitrogen and oxygen atoms in total. The molecule has 0 aromatic heterocycles. The van der Waals surface area contributed by atoms with Gasteiger partial charge in [0.1, 0.15) is 5.82 Å². The number of hydrogen-bond donors (Lipinski definition) is 0. The zero-order valence-corrected chi connectivity index (χ0v) is 13.2. The molecule has 0 atom stereocenters. The molecule has 0 aliphatic carbocycles. The SMILES string of the molecule is Cc1ccc(F)c(C(=O)N2CCC(OCCBr)CC2)c1. The Kier molecular flexibility index (Phi) is 5.54. The van der Waals surface area contributed by atoms with Gasteiger partial charge >= 0.3 is 0 Å². The maximum Gasteiger partial charge on any atom is 0.256 e. The number of alkyl halides is 1. The van der Waals surface area contributed by atoms with Crippen molar-refractivity contribution in [3.63, 3.8) is 0 Å². The van der Waals surface area contributed by atoms with Crippen LogP contribution in [0.4, 0.5) is 4.39 Å². The fourth-order valence-electron chi connectivity index (χ4n) is 2.41. The molecule has 1 heterocycles. The fourth-order valence-corrected chi connectivity index (χ4v) is 2.60. The molecule has 1 aliphatic heterocycles. The third-order valence-corrected chi connectivity index (χ3v) is 3.84. The summed E-state index contributed by atoms with van der Waals surface area (Å²) >= 11 is 3.33. The Morgan fingerprint density at radius 1 is 1.45 bits per heavy atom. The van der Waals surface area contributed by atoms with Gasteiger partial charge in [-0.1, -0.05) is 27.6 Å². The van der Waals surface area contributed by atoms with E-state index in [1.54, 1.807) is 17.0 Å². The van der Waals surface area contributed by atoms with Gasteiger partial charge in [0.15, 0.2) is 0 Å². The van der Waals surface area contributed by atoms with Crippen molar-refractivity contribution in [2.75, 3.05) is 25.0 Å². The zero-order valence-electron chi connectivity index (χ0n) is 11.6. The van der Waals surface area contributed by atoms with Crippen molar-refractivity contribution in [3.8, 4) is 0 Å². The highest BCUT2D eigenvalue weighted by molar-refractivity contribution is 9.09. The summed E-state index contributed by atoms with van der Waals surface area (Å²) in [5.41, 5.74) is 1.06. The van der Waals surface area contributed by atoms with Crippen LogP contribution in [-0.4, -0.2) is 41.9 Å². The van der Waals surface area contributed by atoms with Gasteiger partial charge in [0.05, 0.1) is 18.3 Å². The van der Waals surface area contributed by atoms with E-state index in [0.29, 0.717) is 19.7 Å². The monoisotopic (exact) mass is 343 g/mol. The van der Waals surface area contributed by atoms with Gasteiger partial charge in [0.2, 0.25) is 0 Å². The molecule has 1 fully saturated rings. The van der Waals surface area contributed by atoms with Crippen LogP contribution in [0.25, 0.3) is 0 Å². The summed E-state index contributed by atoms with van der Waals surface area (Å²) in [6.45, 7) is 3.79. The van der Waals surface area contributed by atoms with Crippen LogP contribution in [0.5, 0.6) is 0 Å². The van der Waals surface area contributed by atoms with Crippen molar-refractivity contribution in [2.45, 2.75) is 25.9 Å². The molecule has 0 saturated carbocycles. The lowest BCUT2D eigenvalue weighted by Crippen LogP contribution is -2.41. The summed E-state index contributed by atoms with van der Waals surface area (Å²) in [6, 6.07) is 4.64. The third-order valence-electron chi connectivity index (χ3n) is 3.51. The number of likely N-dealkylation sites (tertiary alicyclic amines) is 1. The summed E-state index contributed by atoms with van der Waals surface area (Å²) in [4.78, 5) is 14.0. The van der Waals surface area contributed by atoms with E-state index < -0.39 is 5.82 Å². The summed E-state index contributed by atoms with van der Waals surface area (Å²) < 4.78 is 19.4. The molecule has 1 aromatic carbocycles. The van der Waals surface area contributed by atoms with E-state index in [2.05, 4.69) is 15.9 Å². The highest BCUT2D eigenvalue weighted by Crippen LogP contribution is 2.18. The van der Waals surface area contributed by atoms with Crippen LogP contribution in [0, 0.1) is 12.7 Å². The molecule has 0 bridgehead atoms. The number of rotatable bonds is 4. The second-order valence-corrected chi connectivity index (χ2v) is 5.83. The number of halogens is 2. The van der Waals surface area contributed by atoms with Gasteiger partial charge in [0.25, 0.3) is 5.91 Å². The summed E-state index contributed by atoms with van der Waals surface area (Å²) in [6.07, 6.45) is 1.83. The molecular weight excluding hydrogens is 325 g/mol. The number of carbonyl (C=O) groups is 1. The molecule has 2 rings (SSSR count). The molecular formula is C15H19BrFNO2. The van der Waals surface area contributed by atoms with Crippen LogP contribution in [-0.2, 0) is 4.74 Å². The molecule has 110 valence electrons. The number of nitrogens with zero attached hydrogens (tertiary/aromatic N) is 1. The average molecular weight is 344 g/mol. The molecule has 1 saturated heterocycles. The largest absolute Gasteiger partial charge is 0.377 e. The smallest absolute Gasteiger partial charge is 0.256 e. The topological polar surface area (TPSA) is 29.5 Å². The van der Waals surface area contributed by atoms with Crippen molar-refractivity contribution in [1.82, 2.24) is 4.90 Å². The first-order chi connectivity index (χ1) is 9.61. The van der Waals surface area contributed by atoms with Crippen LogP contribution in [0.2, 0.25) is 0 Å². The highest BCUT2D eigenvalue weighted by atomic mass is 79.9. The third kappa shape index (κ3) is 3.79. The number of aryl methyl sites for hydroxylation is 1. The molecule has 5 heteroatoms. The second-order valence-electron chi connectivity index (χ2n) is 5.03. The van der Waals surface area contributed by atoms with Gasteiger partial charge in [-0.15, -0.1) is 0 Å². The second kappa shape index (κ2) is 7.18. The lowest BCUT2D eigenvalue weighted by molar-refractivity contribution is 0.0158. The molecule has 20 heavy (non-hydrogen) atoms. The fraction of sp³-hybridized carbons (Fsp3) is 0.533. The van der Waals surface area contributed by atoms with Crippen molar-refractivity contribution in [3.05, 3.63) is 35.1 Å². The minimum Gasteiger partial charge on any atom is -0.377 e. The van der Waals surface area contributed by atoms with Crippen molar-refractivity contribution in [1.29, 1.82) is 0 Å². The van der Waals surface area contributed by atoms with E-state index in [0.717, 1.165) is 23.7 Å². The Morgan fingerprint density at radius 3 is 2.80 bits per heavy atom. The van der Waals surface area contributed by atoms with Crippen LogP contribution < -0.4 is 0 Å². The summed E-state index contributed by atoms with van der Waals surface area (Å²) in [5, 5.41) is 0.820. The molecule has 0 radical (unpaired) electrons. The lowest BCUT2D eigenvalue weighted by atomic mass is 10.0. The molecule has 0 unspecified atom stereocenters. The number of piperidine rings is 1. The quantitative estimate of drug-likeness (QED) is 0.786. The predicted octanol–water partition coefficient (Wildman–Crippen LogP) is 3.15. The normalized spacial score (nSPS) is 16.4. The minimum atomic E-state index is -0.446. The number of benzene rings is 1. The van der Waals surface area contributed by atoms with Crippen LogP contribution >= 0.6 is 15.9 Å². The van der Waals surface area contributed by atoms with Gasteiger partial charge in [-0.2, -0.15) is 0 Å². The maximum atomic E-state index is 13.7. The predicted molar refractivity (Wildman–Crippen MR) is 79.8 cm³/mol. The maximum absolute atomic E-state index is 13.7. The molecule has 1 amide bonds. The standard InChI is InChI=1S/C15H19BrFNO2/c1-11-2-3-14(17)13(10-11)15(19)18-7-4-12(5-8-18)20-9-6-16/h2-3,10,12H,4-9H2,1H3. The average Bonchev–Trinajstić information content (AvgIpc) is 2.47. The Hall–Kier alpha value is -0.940. The van der Waals surface area contributed by atoms with Crippen molar-refractivity contribution in [2.24, 2.45) is 0 Å². The van der Waals surface area contributed by atoms with Crippen LogP contribution in [0.15, 0.2) is 18.2 Å². The number of amides is 1. The van der Waals surface area contributed by atoms with Gasteiger partial charge < -0.3 is 9.64 Å². The summed E-state index contributed by atoms with van der Waals surface area (Å²) in [5.74, 6) is -0.664. The van der Waals surface area contributed by atoms with Crippen LogP contribution in [0.3, 0.4) is 0 Å². The Balaban J connectivity index is 1.96. The number of carbonyl (C=O) groups excluding carboxylic acids is 1. The first-order valence-corrected chi connectivity index (χ1v) is 7.97. The Bertz CT molecular complexity index is 473. The Morgan fingerprint density at radius 2 is 2.15 bits per heavy atom. The molecule has 1 aliphatic rings. The van der Waals surface area contributed by atoms with E-state index in [4.69, 9.17) is 4.74 Å². The van der Waals surface area contributed by atoms with Gasteiger partial charge in [0, 0.05) is 18.4 Å². The molecule has 0 spiro atoms. The van der Waals surface area contributed by atoms with Gasteiger partial charge in [-0.3, -0.25) is 4.79 Å². The molecule has 1 aromatic rings. The van der Waals surface area contributed by atoms with Gasteiger partial charge in [-0.05, 0) is 31.9 Å². The molecule has 0 N–H and O–H groups in total.